The molecule has 1 aliphatic carbocycles. The van der Waals surface area contributed by atoms with Crippen LogP contribution in [0.25, 0.3) is 0 Å². The lowest BCUT2D eigenvalue weighted by Crippen LogP contribution is -1.85. The second-order valence-electron chi connectivity index (χ2n) is 2.59. The highest BCUT2D eigenvalue weighted by atomic mass is 16.2. The van der Waals surface area contributed by atoms with E-state index < -0.39 is 0 Å². The van der Waals surface area contributed by atoms with Crippen molar-refractivity contribution in [3.05, 3.63) is 12.7 Å². The lowest BCUT2D eigenvalue weighted by Gasteiger charge is -2.05. The van der Waals surface area contributed by atoms with Crippen LogP contribution in [0.1, 0.15) is 38.5 Å². The van der Waals surface area contributed by atoms with E-state index in [1.165, 1.54) is 44.6 Å². The Morgan fingerprint density at radius 1 is 1.00 bits per heavy atom. The van der Waals surface area contributed by atoms with E-state index in [2.05, 4.69) is 19.4 Å². The summed E-state index contributed by atoms with van der Waals surface area (Å²) in [7, 11) is 0. The Morgan fingerprint density at radius 3 is 1.25 bits per heavy atom. The van der Waals surface area contributed by atoms with Crippen LogP contribution in [0.15, 0.2) is 12.7 Å². The van der Waals surface area contributed by atoms with Crippen LogP contribution in [-0.4, -0.2) is 11.7 Å². The lowest BCUT2D eigenvalue weighted by atomic mass is 10.0. The number of hydrogen-bond donors (Lipinski definition) is 1. The minimum Gasteiger partial charge on any atom is -0.392 e. The molecule has 0 amide bonds. The molecule has 0 aromatic heterocycles. The van der Waals surface area contributed by atoms with E-state index in [9.17, 15) is 0 Å². The van der Waals surface area contributed by atoms with Gasteiger partial charge >= 0.3 is 0 Å². The first-order chi connectivity index (χ1) is 5.91. The fraction of sp³-hybridized carbons (Fsp3) is 0.636. The fourth-order valence-corrected chi connectivity index (χ4v) is 1.06. The normalized spacial score (nSPS) is 14.2. The first-order valence-electron chi connectivity index (χ1n) is 4.47. The van der Waals surface area contributed by atoms with Gasteiger partial charge in [0.2, 0.25) is 0 Å². The van der Waals surface area contributed by atoms with Crippen LogP contribution in [0.2, 0.25) is 0 Å². The molecule has 12 heavy (non-hydrogen) atoms. The zero-order valence-electron chi connectivity index (χ0n) is 7.84. The van der Waals surface area contributed by atoms with E-state index in [-0.39, 0.29) is 6.61 Å². The van der Waals surface area contributed by atoms with Gasteiger partial charge < -0.3 is 5.11 Å². The number of terminal acetylenes is 1. The second kappa shape index (κ2) is 16.7. The third kappa shape index (κ3) is 16.1. The minimum absolute atomic E-state index is 0.0833. The maximum atomic E-state index is 7.76. The molecule has 1 fully saturated rings. The molecule has 1 rings (SSSR count). The molecule has 1 saturated carbocycles. The summed E-state index contributed by atoms with van der Waals surface area (Å²) in [4.78, 5) is 0. The third-order valence-corrected chi connectivity index (χ3v) is 1.63. The van der Waals surface area contributed by atoms with Gasteiger partial charge in [0.1, 0.15) is 0 Å². The first kappa shape index (κ1) is 13.8. The molecule has 0 atom stereocenters. The summed E-state index contributed by atoms with van der Waals surface area (Å²) in [5, 5.41) is 7.76. The molecule has 0 heterocycles. The van der Waals surface area contributed by atoms with E-state index in [0.717, 1.165) is 0 Å². The average molecular weight is 168 g/mol. The molecule has 0 unspecified atom stereocenters. The lowest BCUT2D eigenvalue weighted by molar-refractivity contribution is 0.343. The van der Waals surface area contributed by atoms with Crippen LogP contribution in [-0.2, 0) is 0 Å². The molecule has 1 nitrogen and oxygen atoms in total. The fourth-order valence-electron chi connectivity index (χ4n) is 1.06. The Hall–Kier alpha value is -0.740. The Morgan fingerprint density at radius 2 is 1.17 bits per heavy atom. The molecule has 0 spiro atoms. The largest absolute Gasteiger partial charge is 0.392 e. The van der Waals surface area contributed by atoms with Gasteiger partial charge in [-0.05, 0) is 0 Å². The zero-order valence-corrected chi connectivity index (χ0v) is 7.84. The number of aliphatic hydroxyl groups excluding tert-OH is 1. The monoisotopic (exact) mass is 168 g/mol. The van der Waals surface area contributed by atoms with Crippen molar-refractivity contribution in [3.63, 3.8) is 0 Å². The Bertz CT molecular complexity index is 78.9. The predicted molar refractivity (Wildman–Crippen MR) is 54.9 cm³/mol. The summed E-state index contributed by atoms with van der Waals surface area (Å²) in [6.45, 7) is 3.31. The number of hydrogen-bond acceptors (Lipinski definition) is 1. The van der Waals surface area contributed by atoms with Crippen molar-refractivity contribution in [3.8, 4) is 12.8 Å². The van der Waals surface area contributed by atoms with E-state index in [1.807, 2.05) is 0 Å². The Labute approximate surface area is 76.5 Å². The molecule has 0 bridgehead atoms. The van der Waals surface area contributed by atoms with Crippen molar-refractivity contribution in [2.24, 2.45) is 0 Å². The van der Waals surface area contributed by atoms with Gasteiger partial charge in [0.25, 0.3) is 0 Å². The van der Waals surface area contributed by atoms with Gasteiger partial charge in [-0.25, -0.2) is 0 Å². The highest BCUT2D eigenvalue weighted by molar-refractivity contribution is 4.60. The van der Waals surface area contributed by atoms with Crippen molar-refractivity contribution in [1.29, 1.82) is 0 Å². The van der Waals surface area contributed by atoms with Crippen LogP contribution in [0.3, 0.4) is 0 Å². The summed E-state index contributed by atoms with van der Waals surface area (Å²) < 4.78 is 0. The topological polar surface area (TPSA) is 20.2 Å². The number of rotatable bonds is 1. The molecular weight excluding hydrogens is 148 g/mol. The first-order valence-corrected chi connectivity index (χ1v) is 4.47. The zero-order chi connectivity index (χ0) is 9.66. The molecular formula is C11H20O. The molecule has 0 saturated heterocycles. The molecule has 0 aliphatic heterocycles. The molecule has 0 radical (unpaired) electrons. The van der Waals surface area contributed by atoms with Crippen LogP contribution in [0, 0.1) is 12.8 Å². The van der Waals surface area contributed by atoms with Crippen molar-refractivity contribution in [1.82, 2.24) is 0 Å². The van der Waals surface area contributed by atoms with E-state index in [1.54, 1.807) is 0 Å². The average Bonchev–Trinajstić information content (AvgIpc) is 2.24. The maximum Gasteiger partial charge on any atom is 0.0609 e. The third-order valence-electron chi connectivity index (χ3n) is 1.63. The van der Waals surface area contributed by atoms with Crippen LogP contribution in [0.4, 0.5) is 0 Å². The van der Waals surface area contributed by atoms with Gasteiger partial charge in [-0.3, -0.25) is 0 Å². The molecule has 1 N–H and O–H groups in total. The van der Waals surface area contributed by atoms with E-state index in [0.29, 0.717) is 0 Å². The van der Waals surface area contributed by atoms with Crippen molar-refractivity contribution in [2.45, 2.75) is 38.5 Å². The van der Waals surface area contributed by atoms with Crippen molar-refractivity contribution < 1.29 is 5.11 Å². The molecule has 1 aliphatic rings. The highest BCUT2D eigenvalue weighted by Gasteiger charge is 1.95. The van der Waals surface area contributed by atoms with E-state index >= 15 is 0 Å². The van der Waals surface area contributed by atoms with E-state index in [4.69, 9.17) is 5.11 Å². The van der Waals surface area contributed by atoms with Gasteiger partial charge in [0.05, 0.1) is 6.61 Å². The summed E-state index contributed by atoms with van der Waals surface area (Å²) in [6.07, 6.45) is 18.4. The van der Waals surface area contributed by atoms with Gasteiger partial charge in [0, 0.05) is 0 Å². The van der Waals surface area contributed by atoms with Gasteiger partial charge in [-0.2, -0.15) is 0 Å². The summed E-state index contributed by atoms with van der Waals surface area (Å²) in [5.41, 5.74) is 0. The van der Waals surface area contributed by atoms with Crippen LogP contribution < -0.4 is 0 Å². The Kier molecular flexibility index (Phi) is 19.2. The molecule has 70 valence electrons. The van der Waals surface area contributed by atoms with Crippen LogP contribution in [0.5, 0.6) is 0 Å². The second-order valence-corrected chi connectivity index (χ2v) is 2.59. The van der Waals surface area contributed by atoms with Crippen LogP contribution >= 0.6 is 0 Å². The minimum atomic E-state index is 0.0833. The number of aliphatic hydroxyl groups is 1. The predicted octanol–water partition coefficient (Wildman–Crippen LogP) is 2.75. The molecule has 1 heteroatoms. The standard InChI is InChI=1S/C6H12.C3H6O.C2H2/c1-2-4-6-5-3-1;1-2-3-4;1-2/h1-6H2;2,4H,1,3H2;1-2H. The summed E-state index contributed by atoms with van der Waals surface area (Å²) in [6, 6.07) is 0. The summed E-state index contributed by atoms with van der Waals surface area (Å²) >= 11 is 0. The van der Waals surface area contributed by atoms with Gasteiger partial charge in [-0.15, -0.1) is 19.4 Å². The maximum absolute atomic E-state index is 7.76. The van der Waals surface area contributed by atoms with Gasteiger partial charge in [0.15, 0.2) is 0 Å². The summed E-state index contributed by atoms with van der Waals surface area (Å²) in [5.74, 6) is 0. The smallest absolute Gasteiger partial charge is 0.0609 e. The molecule has 0 aromatic rings. The van der Waals surface area contributed by atoms with Crippen molar-refractivity contribution >= 4 is 0 Å². The van der Waals surface area contributed by atoms with Gasteiger partial charge in [-0.1, -0.05) is 44.6 Å². The Balaban J connectivity index is 0. The quantitative estimate of drug-likeness (QED) is 0.471. The highest BCUT2D eigenvalue weighted by Crippen LogP contribution is 2.15. The molecule has 0 aromatic carbocycles. The SMILES string of the molecule is C#C.C1CCCCC1.C=CCO. The van der Waals surface area contributed by atoms with Crippen molar-refractivity contribution in [2.75, 3.05) is 6.61 Å².